The van der Waals surface area contributed by atoms with E-state index in [-0.39, 0.29) is 5.41 Å². The maximum absolute atomic E-state index is 6.48. The Morgan fingerprint density at radius 3 is 1.84 bits per heavy atom. The van der Waals surface area contributed by atoms with Crippen molar-refractivity contribution in [3.63, 3.8) is 0 Å². The molecule has 1 aliphatic rings. The number of para-hydroxylation sites is 3. The lowest BCUT2D eigenvalue weighted by molar-refractivity contribution is 0.661. The number of hydrogen-bond acceptors (Lipinski definition) is 2. The highest BCUT2D eigenvalue weighted by Crippen LogP contribution is 2.52. The van der Waals surface area contributed by atoms with Crippen LogP contribution in [0.3, 0.4) is 0 Å². The number of hydrogen-bond donors (Lipinski definition) is 0. The van der Waals surface area contributed by atoms with Crippen molar-refractivity contribution >= 4 is 49.8 Å². The Morgan fingerprint density at radius 1 is 0.451 bits per heavy atom. The standard InChI is InChI=1S/C49H35NO/c1-49(2)43-30-26-35-11-6-7-14-39(35)47(43)42-29-25-36(31-44(42)49)34-21-19-32(20-22-34)33-23-27-38(28-24-33)50(37-12-4-3-5-13-37)45-17-10-16-41-40-15-8-9-18-46(40)51-48(41)45/h3-31H,1-2H3. The molecule has 10 rings (SSSR count). The fourth-order valence-electron chi connectivity index (χ4n) is 8.26. The van der Waals surface area contributed by atoms with Gasteiger partial charge in [0.25, 0.3) is 0 Å². The van der Waals surface area contributed by atoms with Gasteiger partial charge >= 0.3 is 0 Å². The van der Waals surface area contributed by atoms with Gasteiger partial charge in [0.1, 0.15) is 5.58 Å². The molecular weight excluding hydrogens is 619 g/mol. The summed E-state index contributed by atoms with van der Waals surface area (Å²) < 4.78 is 6.48. The summed E-state index contributed by atoms with van der Waals surface area (Å²) in [5.74, 6) is 0. The van der Waals surface area contributed by atoms with Crippen LogP contribution in [0.25, 0.3) is 66.1 Å². The van der Waals surface area contributed by atoms with Gasteiger partial charge in [0.2, 0.25) is 0 Å². The van der Waals surface area contributed by atoms with Gasteiger partial charge in [-0.15, -0.1) is 0 Å². The SMILES string of the molecule is CC1(C)c2cc(-c3ccc(-c4ccc(N(c5ccccc5)c5cccc6c5oc5ccccc56)cc4)cc3)ccc2-c2c1ccc1ccccc21. The molecule has 51 heavy (non-hydrogen) atoms. The molecule has 0 atom stereocenters. The van der Waals surface area contributed by atoms with E-state index >= 15 is 0 Å². The first-order chi connectivity index (χ1) is 25.0. The average molecular weight is 654 g/mol. The van der Waals surface area contributed by atoms with Crippen LogP contribution in [0.4, 0.5) is 17.1 Å². The van der Waals surface area contributed by atoms with E-state index in [1.165, 1.54) is 55.3 Å². The third-order valence-electron chi connectivity index (χ3n) is 10.9. The molecule has 0 bridgehead atoms. The molecule has 242 valence electrons. The maximum atomic E-state index is 6.48. The predicted octanol–water partition coefficient (Wildman–Crippen LogP) is 13.8. The highest BCUT2D eigenvalue weighted by molar-refractivity contribution is 6.10. The summed E-state index contributed by atoms with van der Waals surface area (Å²) in [6.45, 7) is 4.72. The molecule has 8 aromatic carbocycles. The van der Waals surface area contributed by atoms with Crippen LogP contribution in [0.15, 0.2) is 180 Å². The van der Waals surface area contributed by atoms with Crippen LogP contribution in [0.1, 0.15) is 25.0 Å². The fraction of sp³-hybridized carbons (Fsp3) is 0.0612. The second kappa shape index (κ2) is 11.3. The van der Waals surface area contributed by atoms with Crippen LogP contribution in [-0.4, -0.2) is 0 Å². The van der Waals surface area contributed by atoms with Gasteiger partial charge in [-0.2, -0.15) is 0 Å². The van der Waals surface area contributed by atoms with Gasteiger partial charge in [-0.1, -0.05) is 147 Å². The first-order valence-corrected chi connectivity index (χ1v) is 17.7. The van der Waals surface area contributed by atoms with Crippen LogP contribution in [0.5, 0.6) is 0 Å². The molecule has 0 saturated carbocycles. The summed E-state index contributed by atoms with van der Waals surface area (Å²) in [7, 11) is 0. The quantitative estimate of drug-likeness (QED) is 0.184. The summed E-state index contributed by atoms with van der Waals surface area (Å²) in [6, 6.07) is 63.4. The summed E-state index contributed by atoms with van der Waals surface area (Å²) in [4.78, 5) is 2.29. The van der Waals surface area contributed by atoms with Gasteiger partial charge in [-0.05, 0) is 97.7 Å². The van der Waals surface area contributed by atoms with Crippen LogP contribution in [-0.2, 0) is 5.41 Å². The monoisotopic (exact) mass is 653 g/mol. The second-order valence-corrected chi connectivity index (χ2v) is 14.1. The van der Waals surface area contributed by atoms with E-state index < -0.39 is 0 Å². The summed E-state index contributed by atoms with van der Waals surface area (Å²) in [5.41, 5.74) is 15.3. The minimum Gasteiger partial charge on any atom is -0.454 e. The van der Waals surface area contributed by atoms with E-state index in [2.05, 4.69) is 183 Å². The molecule has 0 fully saturated rings. The maximum Gasteiger partial charge on any atom is 0.159 e. The van der Waals surface area contributed by atoms with Crippen LogP contribution < -0.4 is 4.90 Å². The van der Waals surface area contributed by atoms with Crippen molar-refractivity contribution in [1.29, 1.82) is 0 Å². The van der Waals surface area contributed by atoms with E-state index in [0.717, 1.165) is 39.0 Å². The van der Waals surface area contributed by atoms with E-state index in [0.29, 0.717) is 0 Å². The Hall–Kier alpha value is -6.38. The summed E-state index contributed by atoms with van der Waals surface area (Å²) in [6.07, 6.45) is 0. The molecule has 0 spiro atoms. The van der Waals surface area contributed by atoms with Gasteiger partial charge in [0.15, 0.2) is 5.58 Å². The molecule has 2 nitrogen and oxygen atoms in total. The molecule has 0 saturated heterocycles. The van der Waals surface area contributed by atoms with Crippen molar-refractivity contribution in [2.75, 3.05) is 4.90 Å². The second-order valence-electron chi connectivity index (χ2n) is 14.1. The Morgan fingerprint density at radius 2 is 1.06 bits per heavy atom. The predicted molar refractivity (Wildman–Crippen MR) is 214 cm³/mol. The first-order valence-electron chi connectivity index (χ1n) is 17.7. The zero-order valence-electron chi connectivity index (χ0n) is 28.6. The van der Waals surface area contributed by atoms with Gasteiger partial charge in [-0.25, -0.2) is 0 Å². The topological polar surface area (TPSA) is 16.4 Å². The van der Waals surface area contributed by atoms with Crippen LogP contribution in [0.2, 0.25) is 0 Å². The highest BCUT2D eigenvalue weighted by Gasteiger charge is 2.36. The number of rotatable bonds is 5. The Kier molecular flexibility index (Phi) is 6.56. The van der Waals surface area contributed by atoms with Gasteiger partial charge in [0, 0.05) is 27.6 Å². The van der Waals surface area contributed by atoms with Crippen molar-refractivity contribution in [2.45, 2.75) is 19.3 Å². The van der Waals surface area contributed by atoms with E-state index in [4.69, 9.17) is 4.42 Å². The first kappa shape index (κ1) is 29.5. The molecule has 1 aliphatic carbocycles. The minimum atomic E-state index is -0.0596. The zero-order chi connectivity index (χ0) is 34.1. The lowest BCUT2D eigenvalue weighted by Gasteiger charge is -2.25. The van der Waals surface area contributed by atoms with E-state index in [1.54, 1.807) is 0 Å². The van der Waals surface area contributed by atoms with Gasteiger partial charge in [0.05, 0.1) is 5.69 Å². The molecule has 2 heteroatoms. The molecule has 9 aromatic rings. The fourth-order valence-corrected chi connectivity index (χ4v) is 8.26. The molecule has 0 amide bonds. The average Bonchev–Trinajstić information content (AvgIpc) is 3.68. The van der Waals surface area contributed by atoms with E-state index in [9.17, 15) is 0 Å². The van der Waals surface area contributed by atoms with Crippen molar-refractivity contribution in [2.24, 2.45) is 0 Å². The molecule has 1 heterocycles. The van der Waals surface area contributed by atoms with Crippen LogP contribution >= 0.6 is 0 Å². The normalized spacial score (nSPS) is 13.1. The summed E-state index contributed by atoms with van der Waals surface area (Å²) >= 11 is 0. The Labute approximate surface area is 297 Å². The molecule has 0 N–H and O–H groups in total. The van der Waals surface area contributed by atoms with Gasteiger partial charge < -0.3 is 9.32 Å². The number of fused-ring (bicyclic) bond motifs is 8. The largest absolute Gasteiger partial charge is 0.454 e. The highest BCUT2D eigenvalue weighted by atomic mass is 16.3. The molecule has 1 aromatic heterocycles. The van der Waals surface area contributed by atoms with Gasteiger partial charge in [-0.3, -0.25) is 0 Å². The van der Waals surface area contributed by atoms with Crippen molar-refractivity contribution in [1.82, 2.24) is 0 Å². The molecule has 0 aliphatic heterocycles. The molecule has 0 unspecified atom stereocenters. The smallest absolute Gasteiger partial charge is 0.159 e. The number of benzene rings is 8. The number of nitrogens with zero attached hydrogens (tertiary/aromatic N) is 1. The molecule has 0 radical (unpaired) electrons. The minimum absolute atomic E-state index is 0.0596. The van der Waals surface area contributed by atoms with Crippen LogP contribution in [0, 0.1) is 0 Å². The number of anilines is 3. The Bertz CT molecular complexity index is 2750. The summed E-state index contributed by atoms with van der Waals surface area (Å²) in [5, 5.41) is 4.88. The van der Waals surface area contributed by atoms with Crippen molar-refractivity contribution in [3.05, 3.63) is 187 Å². The number of furan rings is 1. The van der Waals surface area contributed by atoms with Crippen molar-refractivity contribution in [3.8, 4) is 33.4 Å². The van der Waals surface area contributed by atoms with E-state index in [1.807, 2.05) is 12.1 Å². The lowest BCUT2D eigenvalue weighted by Crippen LogP contribution is -2.15. The zero-order valence-corrected chi connectivity index (χ0v) is 28.6. The van der Waals surface area contributed by atoms with Crippen molar-refractivity contribution < 1.29 is 4.42 Å². The lowest BCUT2D eigenvalue weighted by atomic mass is 9.81. The Balaban J connectivity index is 0.984. The third-order valence-corrected chi connectivity index (χ3v) is 10.9. The third kappa shape index (κ3) is 4.64. The molecular formula is C49H35NO.